The fourth-order valence-electron chi connectivity index (χ4n) is 3.96. The van der Waals surface area contributed by atoms with E-state index < -0.39 is 16.1 Å². The van der Waals surface area contributed by atoms with Gasteiger partial charge in [0.25, 0.3) is 5.91 Å². The Kier molecular flexibility index (Phi) is 5.98. The molecule has 0 saturated carbocycles. The number of nitrogens with zero attached hydrogens (tertiary/aromatic N) is 3. The van der Waals surface area contributed by atoms with Gasteiger partial charge >= 0.3 is 0 Å². The third kappa shape index (κ3) is 4.56. The lowest BCUT2D eigenvalue weighted by atomic mass is 10.1. The molecule has 2 aliphatic heterocycles. The van der Waals surface area contributed by atoms with Gasteiger partial charge in [0.2, 0.25) is 10.0 Å². The third-order valence-corrected chi connectivity index (χ3v) is 7.19. The molecule has 1 amide bonds. The maximum absolute atomic E-state index is 13.2. The zero-order valence-electron chi connectivity index (χ0n) is 17.2. The van der Waals surface area contributed by atoms with Crippen LogP contribution in [-0.4, -0.2) is 64.3 Å². The van der Waals surface area contributed by atoms with Crippen LogP contribution in [0.15, 0.2) is 36.4 Å². The smallest absolute Gasteiger partial charge is 0.265 e. The molecule has 0 N–H and O–H groups in total. The number of anilines is 2. The lowest BCUT2D eigenvalue weighted by Gasteiger charge is -2.40. The minimum atomic E-state index is -3.60. The summed E-state index contributed by atoms with van der Waals surface area (Å²) in [6.07, 6.45) is 0.194. The van der Waals surface area contributed by atoms with E-state index in [4.69, 9.17) is 27.9 Å². The number of carbonyl (C=O) groups is 1. The summed E-state index contributed by atoms with van der Waals surface area (Å²) in [5, 5.41) is 1.07. The Morgan fingerprint density at radius 3 is 2.26 bits per heavy atom. The molecule has 0 aromatic heterocycles. The van der Waals surface area contributed by atoms with Gasteiger partial charge in [0.1, 0.15) is 5.75 Å². The van der Waals surface area contributed by atoms with E-state index in [-0.39, 0.29) is 12.5 Å². The molecule has 31 heavy (non-hydrogen) atoms. The van der Waals surface area contributed by atoms with E-state index in [9.17, 15) is 13.2 Å². The molecule has 7 nitrogen and oxygen atoms in total. The van der Waals surface area contributed by atoms with Crippen LogP contribution in [0, 0.1) is 6.92 Å². The molecule has 1 atom stereocenters. The molecule has 2 aromatic carbocycles. The summed E-state index contributed by atoms with van der Waals surface area (Å²) in [6.45, 7) is 4.28. The maximum atomic E-state index is 13.2. The van der Waals surface area contributed by atoms with Gasteiger partial charge < -0.3 is 14.5 Å². The zero-order chi connectivity index (χ0) is 22.3. The molecule has 0 radical (unpaired) electrons. The summed E-state index contributed by atoms with van der Waals surface area (Å²) in [4.78, 5) is 17.1. The Morgan fingerprint density at radius 1 is 1.00 bits per heavy atom. The van der Waals surface area contributed by atoms with Crippen LogP contribution in [0.3, 0.4) is 0 Å². The number of hydrogen-bond acceptors (Lipinski definition) is 5. The largest absolute Gasteiger partial charge is 0.476 e. The third-order valence-electron chi connectivity index (χ3n) is 5.57. The van der Waals surface area contributed by atoms with Crippen molar-refractivity contribution >= 4 is 50.5 Å². The number of carbonyl (C=O) groups excluding carboxylic acids is 1. The van der Waals surface area contributed by atoms with Crippen LogP contribution in [0.5, 0.6) is 5.75 Å². The predicted molar refractivity (Wildman–Crippen MR) is 123 cm³/mol. The molecule has 2 aromatic rings. The van der Waals surface area contributed by atoms with E-state index in [0.717, 1.165) is 17.5 Å². The zero-order valence-corrected chi connectivity index (χ0v) is 19.5. The molecular formula is C21H23Cl2N3O4S. The number of piperazine rings is 1. The first-order valence-corrected chi connectivity index (χ1v) is 12.5. The van der Waals surface area contributed by atoms with E-state index in [1.165, 1.54) is 10.4 Å². The number of amides is 1. The minimum Gasteiger partial charge on any atom is -0.476 e. The van der Waals surface area contributed by atoms with Crippen molar-refractivity contribution in [2.75, 3.05) is 48.2 Å². The SMILES string of the molecule is Cc1ccc(Cl)cc1N1CCN(C(=O)[C@@H]2CN(S(C)(=O)=O)c3cc(Cl)ccc3O2)CC1. The molecule has 2 heterocycles. The molecule has 10 heteroatoms. The van der Waals surface area contributed by atoms with E-state index >= 15 is 0 Å². The van der Waals surface area contributed by atoms with Gasteiger partial charge in [-0.25, -0.2) is 8.42 Å². The number of halogens is 2. The van der Waals surface area contributed by atoms with Crippen LogP contribution in [0.1, 0.15) is 5.56 Å². The summed E-state index contributed by atoms with van der Waals surface area (Å²) in [6, 6.07) is 10.5. The molecule has 0 bridgehead atoms. The number of aryl methyl sites for hydroxylation is 1. The quantitative estimate of drug-likeness (QED) is 0.670. The van der Waals surface area contributed by atoms with Crippen molar-refractivity contribution in [3.63, 3.8) is 0 Å². The molecule has 1 fully saturated rings. The second-order valence-electron chi connectivity index (χ2n) is 7.76. The second-order valence-corrected chi connectivity index (χ2v) is 10.5. The highest BCUT2D eigenvalue weighted by atomic mass is 35.5. The monoisotopic (exact) mass is 483 g/mol. The Morgan fingerprint density at radius 2 is 1.61 bits per heavy atom. The summed E-state index contributed by atoms with van der Waals surface area (Å²) in [5.74, 6) is 0.101. The van der Waals surface area contributed by atoms with Gasteiger partial charge in [-0.15, -0.1) is 0 Å². The summed E-state index contributed by atoms with van der Waals surface area (Å²) in [5.41, 5.74) is 2.53. The average Bonchev–Trinajstić information content (AvgIpc) is 2.73. The normalized spacial score (nSPS) is 19.1. The topological polar surface area (TPSA) is 70.2 Å². The fourth-order valence-corrected chi connectivity index (χ4v) is 5.20. The van der Waals surface area contributed by atoms with Crippen molar-refractivity contribution in [2.45, 2.75) is 13.0 Å². The molecule has 2 aliphatic rings. The highest BCUT2D eigenvalue weighted by Crippen LogP contribution is 2.37. The van der Waals surface area contributed by atoms with Gasteiger partial charge in [0.15, 0.2) is 6.10 Å². The standard InChI is InChI=1S/C21H23Cl2N3O4S/c1-14-3-4-15(22)11-17(14)24-7-9-25(10-8-24)21(27)20-13-26(31(2,28)29)18-12-16(23)5-6-19(18)30-20/h3-6,11-12,20H,7-10,13H2,1-2H3/t20-/m0/s1. The first-order valence-electron chi connectivity index (χ1n) is 9.87. The van der Waals surface area contributed by atoms with Gasteiger partial charge in [-0.1, -0.05) is 29.3 Å². The molecule has 1 saturated heterocycles. The van der Waals surface area contributed by atoms with Crippen molar-refractivity contribution in [1.82, 2.24) is 4.90 Å². The van der Waals surface area contributed by atoms with E-state index in [0.29, 0.717) is 47.7 Å². The first-order chi connectivity index (χ1) is 14.6. The Bertz CT molecular complexity index is 1120. The lowest BCUT2D eigenvalue weighted by molar-refractivity contribution is -0.138. The summed E-state index contributed by atoms with van der Waals surface area (Å²) >= 11 is 12.2. The summed E-state index contributed by atoms with van der Waals surface area (Å²) < 4.78 is 31.8. The molecular weight excluding hydrogens is 461 g/mol. The van der Waals surface area contributed by atoms with E-state index in [1.807, 2.05) is 25.1 Å². The number of ether oxygens (including phenoxy) is 1. The minimum absolute atomic E-state index is 0.0847. The Labute approximate surface area is 192 Å². The van der Waals surface area contributed by atoms with Crippen LogP contribution in [-0.2, 0) is 14.8 Å². The van der Waals surface area contributed by atoms with Gasteiger partial charge in [0, 0.05) is 41.9 Å². The van der Waals surface area contributed by atoms with Gasteiger partial charge in [0.05, 0.1) is 18.5 Å². The van der Waals surface area contributed by atoms with Crippen molar-refractivity contribution in [3.8, 4) is 5.75 Å². The lowest BCUT2D eigenvalue weighted by Crippen LogP contribution is -2.56. The van der Waals surface area contributed by atoms with Crippen molar-refractivity contribution in [3.05, 3.63) is 52.0 Å². The maximum Gasteiger partial charge on any atom is 0.265 e. The number of rotatable bonds is 3. The number of fused-ring (bicyclic) bond motifs is 1. The fraction of sp³-hybridized carbons (Fsp3) is 0.381. The van der Waals surface area contributed by atoms with Crippen LogP contribution < -0.4 is 13.9 Å². The number of hydrogen-bond donors (Lipinski definition) is 0. The van der Waals surface area contributed by atoms with E-state index in [2.05, 4.69) is 4.90 Å². The van der Waals surface area contributed by atoms with Gasteiger partial charge in [-0.2, -0.15) is 0 Å². The van der Waals surface area contributed by atoms with Gasteiger partial charge in [-0.05, 0) is 42.8 Å². The van der Waals surface area contributed by atoms with Gasteiger partial charge in [-0.3, -0.25) is 9.10 Å². The Balaban J connectivity index is 1.49. The molecule has 0 unspecified atom stereocenters. The molecule has 166 valence electrons. The van der Waals surface area contributed by atoms with Crippen LogP contribution in [0.2, 0.25) is 10.0 Å². The number of sulfonamides is 1. The van der Waals surface area contributed by atoms with Crippen LogP contribution >= 0.6 is 23.2 Å². The molecule has 4 rings (SSSR count). The molecule has 0 spiro atoms. The average molecular weight is 484 g/mol. The highest BCUT2D eigenvalue weighted by Gasteiger charge is 2.38. The van der Waals surface area contributed by atoms with Crippen molar-refractivity contribution in [2.24, 2.45) is 0 Å². The van der Waals surface area contributed by atoms with Crippen LogP contribution in [0.25, 0.3) is 0 Å². The van der Waals surface area contributed by atoms with Crippen molar-refractivity contribution < 1.29 is 17.9 Å². The Hall–Kier alpha value is -2.16. The van der Waals surface area contributed by atoms with E-state index in [1.54, 1.807) is 17.0 Å². The predicted octanol–water partition coefficient (Wildman–Crippen LogP) is 3.18. The second kappa shape index (κ2) is 8.41. The number of benzene rings is 2. The highest BCUT2D eigenvalue weighted by molar-refractivity contribution is 7.92. The molecule has 0 aliphatic carbocycles. The first kappa shape index (κ1) is 22.0. The summed E-state index contributed by atoms with van der Waals surface area (Å²) in [7, 11) is -3.60. The van der Waals surface area contributed by atoms with Crippen molar-refractivity contribution in [1.29, 1.82) is 0 Å². The van der Waals surface area contributed by atoms with Crippen LogP contribution in [0.4, 0.5) is 11.4 Å².